The van der Waals surface area contributed by atoms with E-state index >= 15 is 0 Å². The largest absolute Gasteiger partial charge is 0.496 e. The summed E-state index contributed by atoms with van der Waals surface area (Å²) in [6.45, 7) is 3.28. The van der Waals surface area contributed by atoms with Gasteiger partial charge in [-0.05, 0) is 18.1 Å². The van der Waals surface area contributed by atoms with Gasteiger partial charge >= 0.3 is 5.97 Å². The topological polar surface area (TPSA) is 58.6 Å². The molecule has 1 rings (SSSR count). The zero-order valence-electron chi connectivity index (χ0n) is 10.8. The Morgan fingerprint density at radius 1 is 1.50 bits per heavy atom. The Balaban J connectivity index is 2.57. The third-order valence-corrected chi connectivity index (χ3v) is 2.59. The summed E-state index contributed by atoms with van der Waals surface area (Å²) in [6.07, 6.45) is 3.70. The minimum absolute atomic E-state index is 0.520. The number of carbonyl (C=O) groups is 1. The Morgan fingerprint density at radius 2 is 2.28 bits per heavy atom. The van der Waals surface area contributed by atoms with Crippen molar-refractivity contribution in [3.63, 3.8) is 0 Å². The molecule has 4 nitrogen and oxygen atoms in total. The normalized spacial score (nSPS) is 10.8. The number of nitrogens with one attached hydrogen (secondary N) is 1. The molecule has 18 heavy (non-hydrogen) atoms. The highest BCUT2D eigenvalue weighted by molar-refractivity contribution is 5.79. The van der Waals surface area contributed by atoms with E-state index in [0.29, 0.717) is 13.1 Å². The standard InChI is InChI=1S/C14H19NO3/c1-3-11-6-7-13(18-2)12(9-11)10-15-8-4-5-14(16)17/h4-7,9,15H,3,8,10H2,1-2H3,(H,16,17)/b5-4+. The summed E-state index contributed by atoms with van der Waals surface area (Å²) in [4.78, 5) is 10.3. The molecule has 0 fully saturated rings. The lowest BCUT2D eigenvalue weighted by Gasteiger charge is -2.10. The predicted molar refractivity (Wildman–Crippen MR) is 70.9 cm³/mol. The molecule has 0 aliphatic heterocycles. The van der Waals surface area contributed by atoms with Crippen LogP contribution < -0.4 is 10.1 Å². The van der Waals surface area contributed by atoms with Gasteiger partial charge in [0.2, 0.25) is 0 Å². The average Bonchev–Trinajstić information content (AvgIpc) is 2.37. The van der Waals surface area contributed by atoms with Crippen LogP contribution in [0.5, 0.6) is 5.75 Å². The van der Waals surface area contributed by atoms with E-state index in [1.165, 1.54) is 5.56 Å². The van der Waals surface area contributed by atoms with Gasteiger partial charge in [0.05, 0.1) is 7.11 Å². The van der Waals surface area contributed by atoms with Crippen LogP contribution in [0.4, 0.5) is 0 Å². The van der Waals surface area contributed by atoms with Gasteiger partial charge in [-0.3, -0.25) is 0 Å². The highest BCUT2D eigenvalue weighted by Crippen LogP contribution is 2.19. The third-order valence-electron chi connectivity index (χ3n) is 2.59. The lowest BCUT2D eigenvalue weighted by atomic mass is 10.1. The molecule has 0 aliphatic carbocycles. The summed E-state index contributed by atoms with van der Waals surface area (Å²) in [5.41, 5.74) is 2.34. The summed E-state index contributed by atoms with van der Waals surface area (Å²) >= 11 is 0. The summed E-state index contributed by atoms with van der Waals surface area (Å²) in [6, 6.07) is 6.11. The Bertz CT molecular complexity index is 427. The number of carboxylic acids is 1. The first-order valence-electron chi connectivity index (χ1n) is 5.93. The summed E-state index contributed by atoms with van der Waals surface area (Å²) in [5.74, 6) is -0.0794. The number of aryl methyl sites for hydroxylation is 1. The highest BCUT2D eigenvalue weighted by atomic mass is 16.5. The first-order chi connectivity index (χ1) is 8.67. The molecule has 0 saturated carbocycles. The maximum Gasteiger partial charge on any atom is 0.328 e. The number of ether oxygens (including phenoxy) is 1. The Morgan fingerprint density at radius 3 is 2.89 bits per heavy atom. The molecule has 0 bridgehead atoms. The first kappa shape index (κ1) is 14.3. The number of hydrogen-bond acceptors (Lipinski definition) is 3. The van der Waals surface area contributed by atoms with Gasteiger partial charge in [-0.25, -0.2) is 4.79 Å². The lowest BCUT2D eigenvalue weighted by Crippen LogP contribution is -2.14. The molecule has 0 radical (unpaired) electrons. The van der Waals surface area contributed by atoms with Crippen LogP contribution in [0, 0.1) is 0 Å². The van der Waals surface area contributed by atoms with Crippen LogP contribution in [-0.2, 0) is 17.8 Å². The monoisotopic (exact) mass is 249 g/mol. The fourth-order valence-corrected chi connectivity index (χ4v) is 1.64. The smallest absolute Gasteiger partial charge is 0.328 e. The lowest BCUT2D eigenvalue weighted by molar-refractivity contribution is -0.131. The second-order valence-electron chi connectivity index (χ2n) is 3.87. The summed E-state index contributed by atoms with van der Waals surface area (Å²) in [5, 5.41) is 11.6. The minimum Gasteiger partial charge on any atom is -0.496 e. The molecular weight excluding hydrogens is 230 g/mol. The van der Waals surface area contributed by atoms with E-state index in [4.69, 9.17) is 9.84 Å². The van der Waals surface area contributed by atoms with Gasteiger partial charge in [0.15, 0.2) is 0 Å². The number of benzene rings is 1. The van der Waals surface area contributed by atoms with Crippen molar-refractivity contribution in [3.8, 4) is 5.75 Å². The molecule has 0 spiro atoms. The van der Waals surface area contributed by atoms with Crippen LogP contribution in [0.1, 0.15) is 18.1 Å². The predicted octanol–water partition coefficient (Wildman–Crippen LogP) is 1.99. The van der Waals surface area contributed by atoms with E-state index in [0.717, 1.165) is 23.8 Å². The van der Waals surface area contributed by atoms with Crippen LogP contribution in [0.2, 0.25) is 0 Å². The van der Waals surface area contributed by atoms with Gasteiger partial charge in [0, 0.05) is 24.7 Å². The number of carboxylic acid groups (broad SMARTS) is 1. The molecule has 0 atom stereocenters. The van der Waals surface area contributed by atoms with E-state index in [1.54, 1.807) is 13.2 Å². The molecule has 2 N–H and O–H groups in total. The van der Waals surface area contributed by atoms with Crippen LogP contribution in [0.15, 0.2) is 30.4 Å². The van der Waals surface area contributed by atoms with Gasteiger partial charge < -0.3 is 15.2 Å². The molecule has 0 unspecified atom stereocenters. The molecule has 0 aliphatic rings. The molecule has 98 valence electrons. The Labute approximate surface area is 107 Å². The number of methoxy groups -OCH3 is 1. The zero-order valence-corrected chi connectivity index (χ0v) is 10.8. The fourth-order valence-electron chi connectivity index (χ4n) is 1.64. The van der Waals surface area contributed by atoms with E-state index < -0.39 is 5.97 Å². The first-order valence-corrected chi connectivity index (χ1v) is 5.93. The van der Waals surface area contributed by atoms with E-state index in [-0.39, 0.29) is 0 Å². The van der Waals surface area contributed by atoms with Crippen molar-refractivity contribution < 1.29 is 14.6 Å². The Kier molecular flexibility index (Phi) is 5.94. The molecular formula is C14H19NO3. The van der Waals surface area contributed by atoms with Gasteiger partial charge in [0.25, 0.3) is 0 Å². The molecule has 0 saturated heterocycles. The van der Waals surface area contributed by atoms with Crippen LogP contribution in [0.25, 0.3) is 0 Å². The van der Waals surface area contributed by atoms with Crippen molar-refractivity contribution in [2.45, 2.75) is 19.9 Å². The van der Waals surface area contributed by atoms with Crippen LogP contribution >= 0.6 is 0 Å². The van der Waals surface area contributed by atoms with Crippen LogP contribution in [0.3, 0.4) is 0 Å². The molecule has 1 aromatic rings. The van der Waals surface area contributed by atoms with Crippen molar-refractivity contribution in [1.82, 2.24) is 5.32 Å². The van der Waals surface area contributed by atoms with Crippen LogP contribution in [-0.4, -0.2) is 24.7 Å². The average molecular weight is 249 g/mol. The second kappa shape index (κ2) is 7.50. The quantitative estimate of drug-likeness (QED) is 0.573. The van der Waals surface area contributed by atoms with Gasteiger partial charge in [0.1, 0.15) is 5.75 Å². The molecule has 0 aromatic heterocycles. The van der Waals surface area contributed by atoms with E-state index in [9.17, 15) is 4.79 Å². The van der Waals surface area contributed by atoms with Crippen molar-refractivity contribution in [1.29, 1.82) is 0 Å². The zero-order chi connectivity index (χ0) is 13.4. The highest BCUT2D eigenvalue weighted by Gasteiger charge is 2.03. The number of hydrogen-bond donors (Lipinski definition) is 2. The second-order valence-corrected chi connectivity index (χ2v) is 3.87. The number of rotatable bonds is 7. The third kappa shape index (κ3) is 4.59. The summed E-state index contributed by atoms with van der Waals surface area (Å²) in [7, 11) is 1.65. The molecule has 0 amide bonds. The molecule has 4 heteroatoms. The van der Waals surface area contributed by atoms with Gasteiger partial charge in [-0.1, -0.05) is 25.1 Å². The van der Waals surface area contributed by atoms with Crippen molar-refractivity contribution in [2.24, 2.45) is 0 Å². The van der Waals surface area contributed by atoms with Crippen molar-refractivity contribution in [3.05, 3.63) is 41.5 Å². The maximum absolute atomic E-state index is 10.3. The van der Waals surface area contributed by atoms with Crippen molar-refractivity contribution >= 4 is 5.97 Å². The van der Waals surface area contributed by atoms with Gasteiger partial charge in [-0.2, -0.15) is 0 Å². The fraction of sp³-hybridized carbons (Fsp3) is 0.357. The van der Waals surface area contributed by atoms with Crippen molar-refractivity contribution in [2.75, 3.05) is 13.7 Å². The number of aliphatic carboxylic acids is 1. The van der Waals surface area contributed by atoms with E-state index in [1.807, 2.05) is 12.1 Å². The maximum atomic E-state index is 10.3. The molecule has 0 heterocycles. The minimum atomic E-state index is -0.928. The van der Waals surface area contributed by atoms with Gasteiger partial charge in [-0.15, -0.1) is 0 Å². The molecule has 1 aromatic carbocycles. The summed E-state index contributed by atoms with van der Waals surface area (Å²) < 4.78 is 5.29. The Hall–Kier alpha value is -1.81. The SMILES string of the molecule is CCc1ccc(OC)c(CNC/C=C/C(=O)O)c1. The van der Waals surface area contributed by atoms with E-state index in [2.05, 4.69) is 18.3 Å².